The second kappa shape index (κ2) is 28.1. The lowest BCUT2D eigenvalue weighted by molar-refractivity contribution is -0.145. The van der Waals surface area contributed by atoms with Crippen LogP contribution in [0.1, 0.15) is 83.1 Å². The third-order valence-corrected chi connectivity index (χ3v) is 14.1. The molecule has 410 valence electrons. The van der Waals surface area contributed by atoms with E-state index in [1.807, 2.05) is 42.2 Å². The summed E-state index contributed by atoms with van der Waals surface area (Å²) in [5.74, 6) is -0.893. The number of unbranched alkanes of at least 4 members (excludes halogenated alkanes) is 2. The van der Waals surface area contributed by atoms with Crippen LogP contribution in [-0.2, 0) is 64.3 Å². The minimum Gasteiger partial charge on any atom is -0.492 e. The van der Waals surface area contributed by atoms with Crippen LogP contribution in [0.25, 0.3) is 17.4 Å². The number of fused-ring (bicyclic) bond motifs is 2. The van der Waals surface area contributed by atoms with Gasteiger partial charge in [-0.2, -0.15) is 16.8 Å². The first-order valence-electron chi connectivity index (χ1n) is 24.7. The summed E-state index contributed by atoms with van der Waals surface area (Å²) in [6.45, 7) is 14.3. The van der Waals surface area contributed by atoms with E-state index < -0.39 is 49.1 Å². The molecule has 0 saturated carbocycles. The molecular formula is C52H74N3O17S2+. The number of anilines is 1. The summed E-state index contributed by atoms with van der Waals surface area (Å²) >= 11 is 0. The molecule has 2 aliphatic heterocycles. The Bertz CT molecular complexity index is 2740. The molecule has 2 aromatic rings. The van der Waals surface area contributed by atoms with E-state index in [0.29, 0.717) is 138 Å². The number of aromatic nitrogens is 1. The van der Waals surface area contributed by atoms with Crippen LogP contribution in [0.15, 0.2) is 81.8 Å². The molecule has 0 amide bonds. The van der Waals surface area contributed by atoms with E-state index >= 15 is 0 Å². The summed E-state index contributed by atoms with van der Waals surface area (Å²) in [4.78, 5) is 19.3. The number of methoxy groups -OCH3 is 2. The van der Waals surface area contributed by atoms with Gasteiger partial charge in [0.1, 0.15) is 24.7 Å². The molecule has 3 aliphatic rings. The van der Waals surface area contributed by atoms with Gasteiger partial charge in [-0.15, -0.1) is 4.73 Å². The topological polar surface area (TPSA) is 255 Å². The molecule has 20 nitrogen and oxygen atoms in total. The fourth-order valence-electron chi connectivity index (χ4n) is 8.64. The Morgan fingerprint density at radius 1 is 0.757 bits per heavy atom. The van der Waals surface area contributed by atoms with Gasteiger partial charge in [0.25, 0.3) is 20.2 Å². The average Bonchev–Trinajstić information content (AvgIpc) is 3.77. The first-order valence-corrected chi connectivity index (χ1v) is 27.7. The number of carbonyl (C=O) groups is 1. The zero-order valence-electron chi connectivity index (χ0n) is 43.3. The molecule has 0 radical (unpaired) electrons. The molecular weight excluding hydrogens is 1000 g/mol. The SMILES string of the molecule is COCCOCCOCC[N+](CCOCCOCCOC)=c1ccc2c(C(C)(C)C)cc(C=CC=C3N(CCCCCC(=O)On4c(O)ccc4O)c4ccc(S(=O)(=O)O)cc4C3(C)CCCS(=O)(=O)O)oc-2c1. The highest BCUT2D eigenvalue weighted by atomic mass is 32.2. The molecule has 74 heavy (non-hydrogen) atoms. The summed E-state index contributed by atoms with van der Waals surface area (Å²) < 4.78 is 111. The van der Waals surface area contributed by atoms with Crippen molar-refractivity contribution in [1.29, 1.82) is 0 Å². The fraction of sp³-hybridized carbons (Fsp3) is 0.538. The quantitative estimate of drug-likeness (QED) is 0.0255. The number of benzene rings is 2. The maximum atomic E-state index is 12.6. The molecule has 0 saturated heterocycles. The van der Waals surface area contributed by atoms with Crippen LogP contribution < -0.4 is 19.7 Å². The lowest BCUT2D eigenvalue weighted by Crippen LogP contribution is -2.36. The van der Waals surface area contributed by atoms with Crippen molar-refractivity contribution in [3.05, 3.63) is 94.7 Å². The Kier molecular flexibility index (Phi) is 22.7. The molecule has 1 aromatic carbocycles. The summed E-state index contributed by atoms with van der Waals surface area (Å²) in [6, 6.07) is 14.8. The zero-order valence-corrected chi connectivity index (χ0v) is 45.0. The third kappa shape index (κ3) is 17.7. The molecule has 1 unspecified atom stereocenters. The smallest absolute Gasteiger partial charge is 0.333 e. The van der Waals surface area contributed by atoms with E-state index in [1.165, 1.54) is 24.3 Å². The van der Waals surface area contributed by atoms with Crippen molar-refractivity contribution in [2.45, 2.75) is 81.9 Å². The van der Waals surface area contributed by atoms with E-state index in [2.05, 4.69) is 37.5 Å². The second-order valence-electron chi connectivity index (χ2n) is 19.0. The predicted molar refractivity (Wildman–Crippen MR) is 278 cm³/mol. The molecule has 1 aliphatic carbocycles. The number of nitrogens with zero attached hydrogens (tertiary/aromatic N) is 3. The normalized spacial score (nSPS) is 15.7. The van der Waals surface area contributed by atoms with Crippen LogP contribution in [0.2, 0.25) is 0 Å². The van der Waals surface area contributed by atoms with Crippen LogP contribution in [0.4, 0.5) is 5.69 Å². The van der Waals surface area contributed by atoms with Crippen molar-refractivity contribution in [1.82, 2.24) is 9.31 Å². The van der Waals surface area contributed by atoms with Gasteiger partial charge in [0.05, 0.1) is 69.6 Å². The first kappa shape index (κ1) is 59.7. The van der Waals surface area contributed by atoms with Gasteiger partial charge < -0.3 is 52.8 Å². The highest BCUT2D eigenvalue weighted by Gasteiger charge is 2.43. The zero-order chi connectivity index (χ0) is 53.9. The van der Waals surface area contributed by atoms with E-state index in [1.54, 1.807) is 20.3 Å². The van der Waals surface area contributed by atoms with E-state index in [9.17, 15) is 40.9 Å². The van der Waals surface area contributed by atoms with E-state index in [0.717, 1.165) is 16.5 Å². The summed E-state index contributed by atoms with van der Waals surface area (Å²) in [5.41, 5.74) is 2.48. The molecule has 1 aromatic heterocycles. The van der Waals surface area contributed by atoms with Gasteiger partial charge >= 0.3 is 5.97 Å². The van der Waals surface area contributed by atoms with E-state index in [-0.39, 0.29) is 29.6 Å². The molecule has 4 N–H and O–H groups in total. The largest absolute Gasteiger partial charge is 0.492 e. The number of allylic oxidation sites excluding steroid dienone is 3. The Balaban J connectivity index is 1.49. The van der Waals surface area contributed by atoms with Crippen molar-refractivity contribution < 1.29 is 78.6 Å². The Labute approximate surface area is 434 Å². The lowest BCUT2D eigenvalue weighted by atomic mass is 9.77. The maximum absolute atomic E-state index is 12.6. The highest BCUT2D eigenvalue weighted by molar-refractivity contribution is 7.86. The van der Waals surface area contributed by atoms with Crippen LogP contribution in [0, 0.1) is 0 Å². The summed E-state index contributed by atoms with van der Waals surface area (Å²) in [7, 11) is -5.73. The van der Waals surface area contributed by atoms with Crippen molar-refractivity contribution in [2.75, 3.05) is 111 Å². The number of ether oxygens (including phenoxy) is 6. The Morgan fingerprint density at radius 2 is 1.36 bits per heavy atom. The number of aromatic hydroxyl groups is 2. The monoisotopic (exact) mass is 1080 g/mol. The van der Waals surface area contributed by atoms with Gasteiger partial charge in [-0.25, -0.2) is 9.37 Å². The van der Waals surface area contributed by atoms with Gasteiger partial charge in [0.2, 0.25) is 17.1 Å². The van der Waals surface area contributed by atoms with Crippen LogP contribution in [0.5, 0.6) is 11.8 Å². The third-order valence-electron chi connectivity index (χ3n) is 12.4. The number of hydrogen-bond donors (Lipinski definition) is 4. The van der Waals surface area contributed by atoms with Crippen molar-refractivity contribution in [3.63, 3.8) is 0 Å². The fourth-order valence-corrected chi connectivity index (χ4v) is 9.65. The van der Waals surface area contributed by atoms with Gasteiger partial charge in [-0.1, -0.05) is 33.3 Å². The Hall–Kier alpha value is -5.14. The molecule has 22 heteroatoms. The lowest BCUT2D eigenvalue weighted by Gasteiger charge is -2.30. The minimum absolute atomic E-state index is 0.0178. The molecule has 1 atom stereocenters. The summed E-state index contributed by atoms with van der Waals surface area (Å²) in [6.07, 6.45) is 7.16. The Morgan fingerprint density at radius 3 is 1.95 bits per heavy atom. The number of rotatable bonds is 32. The van der Waals surface area contributed by atoms with Crippen molar-refractivity contribution in [3.8, 4) is 23.1 Å². The van der Waals surface area contributed by atoms with Crippen LogP contribution in [0.3, 0.4) is 0 Å². The van der Waals surface area contributed by atoms with Gasteiger partial charge in [0, 0.05) is 67.7 Å². The molecule has 0 spiro atoms. The predicted octanol–water partition coefficient (Wildman–Crippen LogP) is 5.83. The molecule has 3 heterocycles. The molecule has 0 bridgehead atoms. The number of carbonyl (C=O) groups excluding carboxylic acids is 1. The minimum atomic E-state index is -4.64. The van der Waals surface area contributed by atoms with Crippen LogP contribution >= 0.6 is 0 Å². The van der Waals surface area contributed by atoms with Crippen molar-refractivity contribution in [2.24, 2.45) is 0 Å². The number of hydrogen-bond acceptors (Lipinski definition) is 16. The van der Waals surface area contributed by atoms with Gasteiger partial charge in [-0.3, -0.25) is 9.11 Å². The van der Waals surface area contributed by atoms with E-state index in [4.69, 9.17) is 37.7 Å². The highest BCUT2D eigenvalue weighted by Crippen LogP contribution is 2.51. The standard InChI is InChI=1S/C52H73N3O17S2/c1-51(2,3)43-37-40(71-46-36-39(15-17-42(43)46)53(23-25-67-31-33-69-29-27-65-5)24-26-68-32-34-70-30-28-66-6)12-10-13-47-52(4,21-11-35-73(59,60)61)44-38-41(74(62,63)64)16-18-45(44)54(47)22-9-7-8-14-50(58)72-55-48(56)19-20-49(55)57/h10,12-13,15-20,36-38H,7-9,11,14,21-35H2,1-6H3,(H3-,56,57,59,60,61,62,63,64)/p+1. The second-order valence-corrected chi connectivity index (χ2v) is 22.0. The molecule has 0 fully saturated rings. The summed E-state index contributed by atoms with van der Waals surface area (Å²) in [5, 5.41) is 20.6. The van der Waals surface area contributed by atoms with Gasteiger partial charge in [-0.05, 0) is 91.6 Å². The molecule has 5 rings (SSSR count). The maximum Gasteiger partial charge on any atom is 0.333 e. The average molecular weight is 1080 g/mol. The van der Waals surface area contributed by atoms with Gasteiger partial charge in [0.15, 0.2) is 13.1 Å². The van der Waals surface area contributed by atoms with Crippen molar-refractivity contribution >= 4 is 38.0 Å². The first-order chi connectivity index (χ1) is 35.2. The van der Waals surface area contributed by atoms with Crippen LogP contribution in [-0.4, -0.2) is 153 Å².